The number of aliphatic carboxylic acids is 1. The Bertz CT molecular complexity index is 471. The lowest BCUT2D eigenvalue weighted by Gasteiger charge is -2.10. The number of hydrogen-bond donors (Lipinski definition) is 2. The zero-order valence-corrected chi connectivity index (χ0v) is 11.3. The van der Waals surface area contributed by atoms with Gasteiger partial charge in [-0.25, -0.2) is 0 Å². The van der Waals surface area contributed by atoms with Gasteiger partial charge in [0.1, 0.15) is 12.4 Å². The van der Waals surface area contributed by atoms with E-state index >= 15 is 0 Å². The summed E-state index contributed by atoms with van der Waals surface area (Å²) >= 11 is 0. The lowest BCUT2D eigenvalue weighted by atomic mass is 10.2. The van der Waals surface area contributed by atoms with Crippen LogP contribution < -0.4 is 10.1 Å². The quantitative estimate of drug-likeness (QED) is 0.536. The zero-order valence-electron chi connectivity index (χ0n) is 11.3. The van der Waals surface area contributed by atoms with Crippen LogP contribution in [0.2, 0.25) is 0 Å². The average Bonchev–Trinajstić information content (AvgIpc) is 2.44. The normalized spacial score (nSPS) is 9.80. The number of benzene rings is 1. The summed E-state index contributed by atoms with van der Waals surface area (Å²) in [6, 6.07) is 6.97. The van der Waals surface area contributed by atoms with E-state index in [9.17, 15) is 9.59 Å². The molecule has 5 nitrogen and oxygen atoms in total. The van der Waals surface area contributed by atoms with Gasteiger partial charge in [0.05, 0.1) is 5.56 Å². The van der Waals surface area contributed by atoms with Gasteiger partial charge in [-0.05, 0) is 25.0 Å². The number of unbranched alkanes of at least 4 members (excludes halogenated alkanes) is 1. The van der Waals surface area contributed by atoms with E-state index in [1.807, 2.05) is 0 Å². The number of ether oxygens (including phenoxy) is 1. The van der Waals surface area contributed by atoms with Crippen LogP contribution >= 0.6 is 0 Å². The molecule has 1 aromatic carbocycles. The number of carbonyl (C=O) groups excluding carboxylic acids is 1. The maximum Gasteiger partial charge on any atom is 0.303 e. The lowest BCUT2D eigenvalue weighted by molar-refractivity contribution is -0.137. The minimum atomic E-state index is -0.820. The van der Waals surface area contributed by atoms with E-state index in [-0.39, 0.29) is 12.3 Å². The Morgan fingerprint density at radius 3 is 2.75 bits per heavy atom. The van der Waals surface area contributed by atoms with Crippen molar-refractivity contribution in [3.63, 3.8) is 0 Å². The van der Waals surface area contributed by atoms with Crippen molar-refractivity contribution < 1.29 is 19.4 Å². The molecule has 1 aromatic rings. The standard InChI is InChI=1S/C15H19NO4/c1-2-11-20-13-8-4-3-7-12(13)15(19)16-10-6-5-9-14(17)18/h2-4,7-8H,1,5-6,9-11H2,(H,16,19)(H,17,18). The van der Waals surface area contributed by atoms with Crippen molar-refractivity contribution in [1.29, 1.82) is 0 Å². The Balaban J connectivity index is 2.46. The maximum atomic E-state index is 12.0. The second kappa shape index (κ2) is 8.74. The predicted octanol–water partition coefficient (Wildman–Crippen LogP) is 2.24. The van der Waals surface area contributed by atoms with Crippen LogP contribution in [0, 0.1) is 0 Å². The predicted molar refractivity (Wildman–Crippen MR) is 76.0 cm³/mol. The van der Waals surface area contributed by atoms with E-state index in [0.717, 1.165) is 0 Å². The third-order valence-electron chi connectivity index (χ3n) is 2.59. The van der Waals surface area contributed by atoms with Crippen LogP contribution in [0.1, 0.15) is 29.6 Å². The fourth-order valence-electron chi connectivity index (χ4n) is 1.63. The van der Waals surface area contributed by atoms with Crippen molar-refractivity contribution in [2.24, 2.45) is 0 Å². The zero-order chi connectivity index (χ0) is 14.8. The smallest absolute Gasteiger partial charge is 0.303 e. The van der Waals surface area contributed by atoms with Gasteiger partial charge in [-0.1, -0.05) is 24.8 Å². The SMILES string of the molecule is C=CCOc1ccccc1C(=O)NCCCCC(=O)O. The van der Waals surface area contributed by atoms with Gasteiger partial charge < -0.3 is 15.2 Å². The average molecular weight is 277 g/mol. The number of para-hydroxylation sites is 1. The second-order valence-corrected chi connectivity index (χ2v) is 4.20. The summed E-state index contributed by atoms with van der Waals surface area (Å²) in [5.41, 5.74) is 0.465. The summed E-state index contributed by atoms with van der Waals surface area (Å²) in [4.78, 5) is 22.3. The van der Waals surface area contributed by atoms with Crippen molar-refractivity contribution in [2.75, 3.05) is 13.2 Å². The van der Waals surface area contributed by atoms with E-state index in [1.165, 1.54) is 0 Å². The molecule has 1 amide bonds. The molecular formula is C15H19NO4. The van der Waals surface area contributed by atoms with Crippen LogP contribution in [-0.4, -0.2) is 30.1 Å². The van der Waals surface area contributed by atoms with Gasteiger partial charge in [0, 0.05) is 13.0 Å². The van der Waals surface area contributed by atoms with E-state index in [4.69, 9.17) is 9.84 Å². The van der Waals surface area contributed by atoms with Gasteiger partial charge in [0.25, 0.3) is 5.91 Å². The van der Waals surface area contributed by atoms with E-state index in [0.29, 0.717) is 37.3 Å². The van der Waals surface area contributed by atoms with Crippen molar-refractivity contribution in [3.8, 4) is 5.75 Å². The molecule has 0 aliphatic carbocycles. The van der Waals surface area contributed by atoms with E-state index in [1.54, 1.807) is 30.3 Å². The molecule has 0 aliphatic heterocycles. The first kappa shape index (κ1) is 15.8. The van der Waals surface area contributed by atoms with Gasteiger partial charge in [-0.3, -0.25) is 9.59 Å². The van der Waals surface area contributed by atoms with Crippen LogP contribution in [-0.2, 0) is 4.79 Å². The third kappa shape index (κ3) is 5.56. The number of carboxylic acid groups (broad SMARTS) is 1. The number of amides is 1. The number of hydrogen-bond acceptors (Lipinski definition) is 3. The largest absolute Gasteiger partial charge is 0.489 e. The van der Waals surface area contributed by atoms with Crippen molar-refractivity contribution in [2.45, 2.75) is 19.3 Å². The molecule has 0 heterocycles. The Labute approximate surface area is 118 Å². The van der Waals surface area contributed by atoms with E-state index < -0.39 is 5.97 Å². The highest BCUT2D eigenvalue weighted by molar-refractivity contribution is 5.96. The first-order valence-corrected chi connectivity index (χ1v) is 6.48. The third-order valence-corrected chi connectivity index (χ3v) is 2.59. The summed E-state index contributed by atoms with van der Waals surface area (Å²) < 4.78 is 5.41. The van der Waals surface area contributed by atoms with Crippen molar-refractivity contribution >= 4 is 11.9 Å². The molecule has 0 bridgehead atoms. The molecule has 0 aliphatic rings. The second-order valence-electron chi connectivity index (χ2n) is 4.20. The van der Waals surface area contributed by atoms with Gasteiger partial charge in [0.15, 0.2) is 0 Å². The molecule has 0 atom stereocenters. The minimum Gasteiger partial charge on any atom is -0.489 e. The van der Waals surface area contributed by atoms with Gasteiger partial charge in [-0.15, -0.1) is 0 Å². The molecule has 2 N–H and O–H groups in total. The van der Waals surface area contributed by atoms with Crippen molar-refractivity contribution in [3.05, 3.63) is 42.5 Å². The molecule has 0 saturated heterocycles. The first-order chi connectivity index (χ1) is 9.65. The van der Waals surface area contributed by atoms with E-state index in [2.05, 4.69) is 11.9 Å². The van der Waals surface area contributed by atoms with Crippen LogP contribution in [0.3, 0.4) is 0 Å². The Kier molecular flexibility index (Phi) is 6.89. The molecule has 0 spiro atoms. The van der Waals surface area contributed by atoms with Gasteiger partial charge in [0.2, 0.25) is 0 Å². The molecule has 1 rings (SSSR count). The molecule has 108 valence electrons. The number of carbonyl (C=O) groups is 2. The number of rotatable bonds is 9. The number of carboxylic acids is 1. The molecular weight excluding hydrogens is 258 g/mol. The monoisotopic (exact) mass is 277 g/mol. The summed E-state index contributed by atoms with van der Waals surface area (Å²) in [6.45, 7) is 4.34. The first-order valence-electron chi connectivity index (χ1n) is 6.48. The molecule has 0 fully saturated rings. The minimum absolute atomic E-state index is 0.120. The topological polar surface area (TPSA) is 75.6 Å². The highest BCUT2D eigenvalue weighted by Gasteiger charge is 2.11. The maximum absolute atomic E-state index is 12.0. The summed E-state index contributed by atoms with van der Waals surface area (Å²) in [5, 5.41) is 11.3. The van der Waals surface area contributed by atoms with Crippen LogP contribution in [0.5, 0.6) is 5.75 Å². The Morgan fingerprint density at radius 2 is 2.05 bits per heavy atom. The summed E-state index contributed by atoms with van der Waals surface area (Å²) in [6.07, 6.45) is 2.91. The fraction of sp³-hybridized carbons (Fsp3) is 0.333. The highest BCUT2D eigenvalue weighted by Crippen LogP contribution is 2.17. The molecule has 20 heavy (non-hydrogen) atoms. The molecule has 0 unspecified atom stereocenters. The van der Waals surface area contributed by atoms with Crippen molar-refractivity contribution in [1.82, 2.24) is 5.32 Å². The van der Waals surface area contributed by atoms with Gasteiger partial charge >= 0.3 is 5.97 Å². The van der Waals surface area contributed by atoms with Crippen LogP contribution in [0.25, 0.3) is 0 Å². The molecule has 5 heteroatoms. The van der Waals surface area contributed by atoms with Crippen LogP contribution in [0.4, 0.5) is 0 Å². The molecule has 0 radical (unpaired) electrons. The Morgan fingerprint density at radius 1 is 1.30 bits per heavy atom. The summed E-state index contributed by atoms with van der Waals surface area (Å²) in [5.74, 6) is -0.532. The Hall–Kier alpha value is -2.30. The van der Waals surface area contributed by atoms with Crippen LogP contribution in [0.15, 0.2) is 36.9 Å². The fourth-order valence-corrected chi connectivity index (χ4v) is 1.63. The molecule has 0 saturated carbocycles. The summed E-state index contributed by atoms with van der Waals surface area (Å²) in [7, 11) is 0. The number of nitrogens with one attached hydrogen (secondary N) is 1. The van der Waals surface area contributed by atoms with Gasteiger partial charge in [-0.2, -0.15) is 0 Å². The molecule has 0 aromatic heterocycles. The highest BCUT2D eigenvalue weighted by atomic mass is 16.5. The lowest BCUT2D eigenvalue weighted by Crippen LogP contribution is -2.25.